The molecule has 0 bridgehead atoms. The number of carbonyl (C=O) groups is 1. The molecule has 0 saturated carbocycles. The van der Waals surface area contributed by atoms with Crippen molar-refractivity contribution in [3.8, 4) is 0 Å². The van der Waals surface area contributed by atoms with E-state index in [0.29, 0.717) is 13.1 Å². The minimum absolute atomic E-state index is 0.000391. The van der Waals surface area contributed by atoms with E-state index in [1.165, 1.54) is 12.1 Å². The van der Waals surface area contributed by atoms with Crippen LogP contribution in [0.4, 0.5) is 4.39 Å². The summed E-state index contributed by atoms with van der Waals surface area (Å²) in [5.41, 5.74) is 5.47. The summed E-state index contributed by atoms with van der Waals surface area (Å²) in [6.07, 6.45) is 3.45. The van der Waals surface area contributed by atoms with Crippen molar-refractivity contribution in [3.63, 3.8) is 0 Å². The first-order valence-electron chi connectivity index (χ1n) is 4.73. The molecule has 0 radical (unpaired) electrons. The lowest BCUT2D eigenvalue weighted by Gasteiger charge is -2.03. The lowest BCUT2D eigenvalue weighted by molar-refractivity contribution is 0.0957. The van der Waals surface area contributed by atoms with Gasteiger partial charge in [-0.2, -0.15) is 0 Å². The third-order valence-electron chi connectivity index (χ3n) is 1.87. The minimum atomic E-state index is -0.605. The van der Waals surface area contributed by atoms with Crippen molar-refractivity contribution >= 4 is 17.5 Å². The molecule has 0 aromatic heterocycles. The number of nitrogens with two attached hydrogens (primary N) is 1. The Balaban J connectivity index is 2.59. The normalized spacial score (nSPS) is 10.7. The minimum Gasteiger partial charge on any atom is -0.349 e. The van der Waals surface area contributed by atoms with Crippen LogP contribution in [0.15, 0.2) is 30.4 Å². The van der Waals surface area contributed by atoms with E-state index in [9.17, 15) is 9.18 Å². The number of hydrogen-bond donors (Lipinski definition) is 2. The van der Waals surface area contributed by atoms with E-state index >= 15 is 0 Å². The Labute approximate surface area is 98.1 Å². The van der Waals surface area contributed by atoms with E-state index in [2.05, 4.69) is 5.32 Å². The third kappa shape index (κ3) is 3.64. The average molecular weight is 243 g/mol. The summed E-state index contributed by atoms with van der Waals surface area (Å²) in [4.78, 5) is 11.5. The number of halogens is 2. The maximum atomic E-state index is 13.0. The fourth-order valence-corrected chi connectivity index (χ4v) is 1.19. The molecule has 0 saturated heterocycles. The molecule has 0 aliphatic rings. The molecular weight excluding hydrogens is 231 g/mol. The van der Waals surface area contributed by atoms with Crippen LogP contribution in [0.2, 0.25) is 5.02 Å². The first-order chi connectivity index (χ1) is 7.65. The predicted molar refractivity (Wildman–Crippen MR) is 61.9 cm³/mol. The topological polar surface area (TPSA) is 55.1 Å². The Morgan fingerprint density at radius 3 is 2.88 bits per heavy atom. The molecular formula is C11H12ClFN2O. The standard InChI is InChI=1S/C11H12ClFN2O/c12-9-4-3-8(7-10(9)13)11(16)15-6-2-1-5-14/h1-4,7H,5-6,14H2,(H,15,16)/b2-1+. The highest BCUT2D eigenvalue weighted by molar-refractivity contribution is 6.30. The zero-order valence-corrected chi connectivity index (χ0v) is 9.30. The van der Waals surface area contributed by atoms with Crippen LogP contribution in [0.5, 0.6) is 0 Å². The van der Waals surface area contributed by atoms with Gasteiger partial charge in [-0.05, 0) is 18.2 Å². The zero-order chi connectivity index (χ0) is 12.0. The Morgan fingerprint density at radius 2 is 2.25 bits per heavy atom. The molecule has 3 nitrogen and oxygen atoms in total. The van der Waals surface area contributed by atoms with Gasteiger partial charge in [-0.1, -0.05) is 23.8 Å². The summed E-state index contributed by atoms with van der Waals surface area (Å²) < 4.78 is 13.0. The summed E-state index contributed by atoms with van der Waals surface area (Å²) in [6.45, 7) is 0.783. The van der Waals surface area contributed by atoms with Crippen LogP contribution in [0.3, 0.4) is 0 Å². The Morgan fingerprint density at radius 1 is 1.50 bits per heavy atom. The molecule has 0 aliphatic heterocycles. The Hall–Kier alpha value is -1.39. The predicted octanol–water partition coefficient (Wildman–Crippen LogP) is 1.72. The second-order valence-electron chi connectivity index (χ2n) is 3.05. The van der Waals surface area contributed by atoms with E-state index in [4.69, 9.17) is 17.3 Å². The highest BCUT2D eigenvalue weighted by Crippen LogP contribution is 2.15. The molecule has 16 heavy (non-hydrogen) atoms. The van der Waals surface area contributed by atoms with Crippen LogP contribution in [-0.2, 0) is 0 Å². The van der Waals surface area contributed by atoms with E-state index < -0.39 is 5.82 Å². The van der Waals surface area contributed by atoms with Gasteiger partial charge in [0.2, 0.25) is 0 Å². The van der Waals surface area contributed by atoms with E-state index in [1.54, 1.807) is 12.2 Å². The van der Waals surface area contributed by atoms with Gasteiger partial charge in [0, 0.05) is 18.7 Å². The van der Waals surface area contributed by atoms with Crippen molar-refractivity contribution < 1.29 is 9.18 Å². The van der Waals surface area contributed by atoms with Crippen molar-refractivity contribution in [3.05, 3.63) is 46.8 Å². The Kier molecular flexibility index (Phi) is 4.95. The second-order valence-corrected chi connectivity index (χ2v) is 3.45. The highest BCUT2D eigenvalue weighted by Gasteiger charge is 2.07. The summed E-state index contributed by atoms with van der Waals surface area (Å²) in [5.74, 6) is -0.955. The number of carbonyl (C=O) groups excluding carboxylic acids is 1. The second kappa shape index (κ2) is 6.25. The van der Waals surface area contributed by atoms with E-state index in [0.717, 1.165) is 6.07 Å². The van der Waals surface area contributed by atoms with Crippen LogP contribution < -0.4 is 11.1 Å². The van der Waals surface area contributed by atoms with Crippen LogP contribution in [-0.4, -0.2) is 19.0 Å². The van der Waals surface area contributed by atoms with Gasteiger partial charge in [-0.15, -0.1) is 0 Å². The molecule has 1 rings (SSSR count). The van der Waals surface area contributed by atoms with Crippen molar-refractivity contribution in [2.24, 2.45) is 5.73 Å². The molecule has 1 amide bonds. The van der Waals surface area contributed by atoms with Gasteiger partial charge in [-0.3, -0.25) is 4.79 Å². The highest BCUT2D eigenvalue weighted by atomic mass is 35.5. The maximum absolute atomic E-state index is 13.0. The first kappa shape index (κ1) is 12.7. The number of amides is 1. The lowest BCUT2D eigenvalue weighted by atomic mass is 10.2. The van der Waals surface area contributed by atoms with Crippen LogP contribution in [0.25, 0.3) is 0 Å². The molecule has 1 aromatic carbocycles. The van der Waals surface area contributed by atoms with Crippen LogP contribution in [0.1, 0.15) is 10.4 Å². The smallest absolute Gasteiger partial charge is 0.251 e. The van der Waals surface area contributed by atoms with Gasteiger partial charge in [0.05, 0.1) is 5.02 Å². The molecule has 1 aromatic rings. The van der Waals surface area contributed by atoms with Crippen molar-refractivity contribution in [2.45, 2.75) is 0 Å². The number of rotatable bonds is 4. The molecule has 3 N–H and O–H groups in total. The third-order valence-corrected chi connectivity index (χ3v) is 2.17. The average Bonchev–Trinajstić information content (AvgIpc) is 2.28. The first-order valence-corrected chi connectivity index (χ1v) is 5.11. The van der Waals surface area contributed by atoms with Gasteiger partial charge in [-0.25, -0.2) is 4.39 Å². The van der Waals surface area contributed by atoms with Crippen LogP contribution >= 0.6 is 11.6 Å². The van der Waals surface area contributed by atoms with Crippen molar-refractivity contribution in [2.75, 3.05) is 13.1 Å². The van der Waals surface area contributed by atoms with E-state index in [-0.39, 0.29) is 16.5 Å². The molecule has 0 fully saturated rings. The van der Waals surface area contributed by atoms with Crippen molar-refractivity contribution in [1.82, 2.24) is 5.32 Å². The fraction of sp³-hybridized carbons (Fsp3) is 0.182. The van der Waals surface area contributed by atoms with Crippen LogP contribution in [0, 0.1) is 5.82 Å². The monoisotopic (exact) mass is 242 g/mol. The molecule has 0 atom stereocenters. The molecule has 0 aliphatic carbocycles. The SMILES string of the molecule is NC/C=C/CNC(=O)c1ccc(Cl)c(F)c1. The van der Waals surface area contributed by atoms with Gasteiger partial charge < -0.3 is 11.1 Å². The molecule has 5 heteroatoms. The molecule has 0 spiro atoms. The van der Waals surface area contributed by atoms with Crippen molar-refractivity contribution in [1.29, 1.82) is 0 Å². The quantitative estimate of drug-likeness (QED) is 0.790. The lowest BCUT2D eigenvalue weighted by Crippen LogP contribution is -2.23. The van der Waals surface area contributed by atoms with Gasteiger partial charge in [0.25, 0.3) is 5.91 Å². The van der Waals surface area contributed by atoms with E-state index in [1.807, 2.05) is 0 Å². The maximum Gasteiger partial charge on any atom is 0.251 e. The largest absolute Gasteiger partial charge is 0.349 e. The van der Waals surface area contributed by atoms with Gasteiger partial charge in [0.1, 0.15) is 5.82 Å². The Bertz CT molecular complexity index is 407. The fourth-order valence-electron chi connectivity index (χ4n) is 1.07. The summed E-state index contributed by atoms with van der Waals surface area (Å²) in [6, 6.07) is 3.92. The summed E-state index contributed by atoms with van der Waals surface area (Å²) >= 11 is 5.50. The summed E-state index contributed by atoms with van der Waals surface area (Å²) in [5, 5.41) is 2.59. The zero-order valence-electron chi connectivity index (χ0n) is 8.54. The number of hydrogen-bond acceptors (Lipinski definition) is 2. The molecule has 86 valence electrons. The summed E-state index contributed by atoms with van der Waals surface area (Å²) in [7, 11) is 0. The van der Waals surface area contributed by atoms with Gasteiger partial charge >= 0.3 is 0 Å². The number of benzene rings is 1. The molecule has 0 heterocycles. The number of nitrogens with one attached hydrogen (secondary N) is 1. The molecule has 0 unspecified atom stereocenters. The van der Waals surface area contributed by atoms with Gasteiger partial charge in [0.15, 0.2) is 0 Å².